The highest BCUT2D eigenvalue weighted by Gasteiger charge is 2.31. The SMILES string of the molecule is CC1CCCC(N)(c2cccc3cnccc23)CC1. The Labute approximate surface area is 115 Å². The van der Waals surface area contributed by atoms with Gasteiger partial charge in [-0.2, -0.15) is 0 Å². The van der Waals surface area contributed by atoms with E-state index in [4.69, 9.17) is 5.73 Å². The minimum Gasteiger partial charge on any atom is -0.321 e. The van der Waals surface area contributed by atoms with E-state index in [0.717, 1.165) is 18.8 Å². The van der Waals surface area contributed by atoms with Crippen LogP contribution >= 0.6 is 0 Å². The minimum atomic E-state index is -0.161. The average molecular weight is 254 g/mol. The van der Waals surface area contributed by atoms with Crippen LogP contribution in [0.15, 0.2) is 36.7 Å². The van der Waals surface area contributed by atoms with E-state index in [0.29, 0.717) is 0 Å². The zero-order valence-electron chi connectivity index (χ0n) is 11.6. The number of benzene rings is 1. The Morgan fingerprint density at radius 1 is 1.21 bits per heavy atom. The number of hydrogen-bond acceptors (Lipinski definition) is 2. The molecule has 100 valence electrons. The second-order valence-electron chi connectivity index (χ2n) is 6.09. The number of fused-ring (bicyclic) bond motifs is 1. The van der Waals surface area contributed by atoms with Crippen LogP contribution in [0, 0.1) is 5.92 Å². The van der Waals surface area contributed by atoms with E-state index < -0.39 is 0 Å². The van der Waals surface area contributed by atoms with E-state index in [-0.39, 0.29) is 5.54 Å². The normalized spacial score (nSPS) is 28.2. The van der Waals surface area contributed by atoms with Crippen molar-refractivity contribution in [2.24, 2.45) is 11.7 Å². The lowest BCUT2D eigenvalue weighted by atomic mass is 9.81. The molecule has 0 amide bonds. The highest BCUT2D eigenvalue weighted by Crippen LogP contribution is 2.38. The first-order valence-corrected chi connectivity index (χ1v) is 7.31. The fourth-order valence-electron chi connectivity index (χ4n) is 3.37. The number of nitrogens with zero attached hydrogens (tertiary/aromatic N) is 1. The Kier molecular flexibility index (Phi) is 3.28. The maximum Gasteiger partial charge on any atom is 0.0415 e. The van der Waals surface area contributed by atoms with Gasteiger partial charge in [0.2, 0.25) is 0 Å². The molecule has 2 heteroatoms. The molecule has 3 rings (SSSR count). The van der Waals surface area contributed by atoms with Crippen LogP contribution in [0.1, 0.15) is 44.6 Å². The zero-order valence-corrected chi connectivity index (χ0v) is 11.6. The number of rotatable bonds is 1. The zero-order chi connectivity index (χ0) is 13.3. The molecule has 2 atom stereocenters. The van der Waals surface area contributed by atoms with Crippen molar-refractivity contribution < 1.29 is 0 Å². The Morgan fingerprint density at radius 3 is 3.00 bits per heavy atom. The van der Waals surface area contributed by atoms with Crippen LogP contribution in [0.2, 0.25) is 0 Å². The maximum atomic E-state index is 6.79. The lowest BCUT2D eigenvalue weighted by Gasteiger charge is -2.30. The molecule has 2 aromatic rings. The summed E-state index contributed by atoms with van der Waals surface area (Å²) in [4.78, 5) is 4.21. The van der Waals surface area contributed by atoms with Gasteiger partial charge in [-0.1, -0.05) is 38.0 Å². The Bertz CT molecular complexity index is 573. The van der Waals surface area contributed by atoms with Crippen LogP contribution in [0.5, 0.6) is 0 Å². The van der Waals surface area contributed by atoms with Gasteiger partial charge in [-0.05, 0) is 42.2 Å². The highest BCUT2D eigenvalue weighted by molar-refractivity contribution is 5.85. The molecule has 1 aliphatic rings. The average Bonchev–Trinajstić information content (AvgIpc) is 2.61. The van der Waals surface area contributed by atoms with Crippen molar-refractivity contribution in [2.75, 3.05) is 0 Å². The van der Waals surface area contributed by atoms with E-state index in [9.17, 15) is 0 Å². The van der Waals surface area contributed by atoms with E-state index in [2.05, 4.69) is 36.2 Å². The largest absolute Gasteiger partial charge is 0.321 e. The van der Waals surface area contributed by atoms with Gasteiger partial charge < -0.3 is 5.73 Å². The maximum absolute atomic E-state index is 6.79. The smallest absolute Gasteiger partial charge is 0.0415 e. The summed E-state index contributed by atoms with van der Waals surface area (Å²) in [6, 6.07) is 8.54. The predicted molar refractivity (Wildman–Crippen MR) is 79.9 cm³/mol. The topological polar surface area (TPSA) is 38.9 Å². The fourth-order valence-corrected chi connectivity index (χ4v) is 3.37. The van der Waals surface area contributed by atoms with Crippen LogP contribution in [0.25, 0.3) is 10.8 Å². The van der Waals surface area contributed by atoms with Gasteiger partial charge in [-0.25, -0.2) is 0 Å². The number of pyridine rings is 1. The van der Waals surface area contributed by atoms with Crippen molar-refractivity contribution in [2.45, 2.75) is 44.6 Å². The lowest BCUT2D eigenvalue weighted by Crippen LogP contribution is -2.36. The first kappa shape index (κ1) is 12.6. The summed E-state index contributed by atoms with van der Waals surface area (Å²) in [7, 11) is 0. The van der Waals surface area contributed by atoms with Crippen molar-refractivity contribution >= 4 is 10.8 Å². The monoisotopic (exact) mass is 254 g/mol. The molecule has 1 aromatic heterocycles. The van der Waals surface area contributed by atoms with Gasteiger partial charge in [0.05, 0.1) is 0 Å². The van der Waals surface area contributed by atoms with Gasteiger partial charge in [0.15, 0.2) is 0 Å². The summed E-state index contributed by atoms with van der Waals surface area (Å²) in [5.41, 5.74) is 7.93. The molecule has 1 aromatic carbocycles. The van der Waals surface area contributed by atoms with Gasteiger partial charge in [0, 0.05) is 23.3 Å². The number of aromatic nitrogens is 1. The third kappa shape index (κ3) is 2.37. The Hall–Kier alpha value is -1.41. The molecule has 1 heterocycles. The first-order valence-electron chi connectivity index (χ1n) is 7.31. The van der Waals surface area contributed by atoms with Gasteiger partial charge in [0.25, 0.3) is 0 Å². The molecule has 0 radical (unpaired) electrons. The third-order valence-electron chi connectivity index (χ3n) is 4.62. The molecule has 0 aliphatic heterocycles. The predicted octanol–water partition coefficient (Wildman–Crippen LogP) is 3.99. The molecule has 0 bridgehead atoms. The second-order valence-corrected chi connectivity index (χ2v) is 6.09. The van der Waals surface area contributed by atoms with Gasteiger partial charge >= 0.3 is 0 Å². The molecule has 0 saturated heterocycles. The molecule has 2 unspecified atom stereocenters. The molecular weight excluding hydrogens is 232 g/mol. The summed E-state index contributed by atoms with van der Waals surface area (Å²) in [6.45, 7) is 2.35. The number of hydrogen-bond donors (Lipinski definition) is 1. The first-order chi connectivity index (χ1) is 9.19. The van der Waals surface area contributed by atoms with E-state index >= 15 is 0 Å². The standard InChI is InChI=1S/C17H22N2/c1-13-4-3-9-17(18,10-7-13)16-6-2-5-14-12-19-11-8-15(14)16/h2,5-6,8,11-13H,3-4,7,9-10,18H2,1H3. The minimum absolute atomic E-state index is 0.161. The van der Waals surface area contributed by atoms with Crippen LogP contribution in [-0.4, -0.2) is 4.98 Å². The van der Waals surface area contributed by atoms with E-state index in [1.807, 2.05) is 12.4 Å². The van der Waals surface area contributed by atoms with Crippen LogP contribution in [0.3, 0.4) is 0 Å². The van der Waals surface area contributed by atoms with Gasteiger partial charge in [-0.3, -0.25) is 4.98 Å². The van der Waals surface area contributed by atoms with Crippen LogP contribution in [0.4, 0.5) is 0 Å². The number of nitrogens with two attached hydrogens (primary N) is 1. The Morgan fingerprint density at radius 2 is 2.11 bits per heavy atom. The van der Waals surface area contributed by atoms with Gasteiger partial charge in [-0.15, -0.1) is 0 Å². The summed E-state index contributed by atoms with van der Waals surface area (Å²) < 4.78 is 0. The Balaban J connectivity index is 2.07. The van der Waals surface area contributed by atoms with Crippen molar-refractivity contribution in [3.63, 3.8) is 0 Å². The molecule has 1 fully saturated rings. The summed E-state index contributed by atoms with van der Waals surface area (Å²) >= 11 is 0. The quantitative estimate of drug-likeness (QED) is 0.781. The van der Waals surface area contributed by atoms with Crippen LogP contribution in [-0.2, 0) is 5.54 Å². The second kappa shape index (κ2) is 4.93. The molecular formula is C17H22N2. The van der Waals surface area contributed by atoms with E-state index in [1.165, 1.54) is 35.6 Å². The molecule has 1 saturated carbocycles. The van der Waals surface area contributed by atoms with Crippen molar-refractivity contribution in [1.29, 1.82) is 0 Å². The lowest BCUT2D eigenvalue weighted by molar-refractivity contribution is 0.381. The highest BCUT2D eigenvalue weighted by atomic mass is 14.7. The molecule has 19 heavy (non-hydrogen) atoms. The molecule has 2 nitrogen and oxygen atoms in total. The summed E-state index contributed by atoms with van der Waals surface area (Å²) in [5.74, 6) is 0.807. The third-order valence-corrected chi connectivity index (χ3v) is 4.62. The van der Waals surface area contributed by atoms with Crippen molar-refractivity contribution in [3.8, 4) is 0 Å². The molecule has 2 N–H and O–H groups in total. The molecule has 0 spiro atoms. The summed E-state index contributed by atoms with van der Waals surface area (Å²) in [5, 5.41) is 2.47. The fraction of sp³-hybridized carbons (Fsp3) is 0.471. The van der Waals surface area contributed by atoms with Crippen LogP contribution < -0.4 is 5.73 Å². The van der Waals surface area contributed by atoms with Crippen molar-refractivity contribution in [1.82, 2.24) is 4.98 Å². The van der Waals surface area contributed by atoms with Crippen molar-refractivity contribution in [3.05, 3.63) is 42.2 Å². The van der Waals surface area contributed by atoms with Gasteiger partial charge in [0.1, 0.15) is 0 Å². The molecule has 1 aliphatic carbocycles. The summed E-state index contributed by atoms with van der Waals surface area (Å²) in [6.07, 6.45) is 9.77. The van der Waals surface area contributed by atoms with E-state index in [1.54, 1.807) is 0 Å².